The van der Waals surface area contributed by atoms with E-state index in [9.17, 15) is 13.2 Å². The Balaban J connectivity index is 1.74. The van der Waals surface area contributed by atoms with E-state index in [1.54, 1.807) is 19.1 Å². The summed E-state index contributed by atoms with van der Waals surface area (Å²) < 4.78 is 33.4. The summed E-state index contributed by atoms with van der Waals surface area (Å²) in [4.78, 5) is 12.8. The molecule has 28 heavy (non-hydrogen) atoms. The highest BCUT2D eigenvalue weighted by Gasteiger charge is 2.35. The Bertz CT molecular complexity index is 793. The number of benzene rings is 1. The summed E-state index contributed by atoms with van der Waals surface area (Å²) in [6.07, 6.45) is 6.91. The summed E-state index contributed by atoms with van der Waals surface area (Å²) in [6, 6.07) is 4.84. The molecule has 1 amide bonds. The first kappa shape index (κ1) is 21.4. The van der Waals surface area contributed by atoms with Crippen LogP contribution in [0.5, 0.6) is 5.75 Å². The van der Waals surface area contributed by atoms with Crippen molar-refractivity contribution in [3.05, 3.63) is 23.2 Å². The molecule has 0 unspecified atom stereocenters. The van der Waals surface area contributed by atoms with Crippen LogP contribution in [0.25, 0.3) is 0 Å². The minimum atomic E-state index is -3.79. The number of halogens is 1. The lowest BCUT2D eigenvalue weighted by molar-refractivity contribution is -0.127. The van der Waals surface area contributed by atoms with Gasteiger partial charge in [-0.3, -0.25) is 4.79 Å². The third-order valence-electron chi connectivity index (χ3n) is 5.53. The first-order valence-corrected chi connectivity index (χ1v) is 12.0. The van der Waals surface area contributed by atoms with Gasteiger partial charge in [-0.1, -0.05) is 30.9 Å². The highest BCUT2D eigenvalue weighted by molar-refractivity contribution is 7.89. The van der Waals surface area contributed by atoms with Crippen LogP contribution in [0.15, 0.2) is 23.1 Å². The number of sulfonamides is 1. The van der Waals surface area contributed by atoms with Gasteiger partial charge in [0, 0.05) is 24.2 Å². The minimum absolute atomic E-state index is 0.0251. The fourth-order valence-electron chi connectivity index (χ4n) is 4.04. The Morgan fingerprint density at radius 3 is 2.68 bits per heavy atom. The lowest BCUT2D eigenvalue weighted by Crippen LogP contribution is -2.47. The molecule has 1 aliphatic heterocycles. The van der Waals surface area contributed by atoms with Gasteiger partial charge >= 0.3 is 0 Å². The van der Waals surface area contributed by atoms with E-state index in [4.69, 9.17) is 16.3 Å². The molecular weight excluding hydrogens is 400 g/mol. The molecule has 1 aromatic rings. The first-order chi connectivity index (χ1) is 13.4. The number of carbonyl (C=O) groups is 1. The fourth-order valence-corrected chi connectivity index (χ4v) is 5.96. The van der Waals surface area contributed by atoms with Crippen LogP contribution in [0.1, 0.15) is 51.9 Å². The van der Waals surface area contributed by atoms with Crippen molar-refractivity contribution in [1.29, 1.82) is 0 Å². The van der Waals surface area contributed by atoms with Gasteiger partial charge in [-0.15, -0.1) is 0 Å². The van der Waals surface area contributed by atoms with Crippen LogP contribution < -0.4 is 10.1 Å². The largest absolute Gasteiger partial charge is 0.492 e. The van der Waals surface area contributed by atoms with Crippen LogP contribution in [-0.4, -0.2) is 44.4 Å². The highest BCUT2D eigenvalue weighted by atomic mass is 35.5. The van der Waals surface area contributed by atoms with E-state index < -0.39 is 10.0 Å². The Hall–Kier alpha value is -1.31. The Labute approximate surface area is 172 Å². The van der Waals surface area contributed by atoms with E-state index in [0.717, 1.165) is 25.7 Å². The molecule has 1 saturated heterocycles. The molecule has 1 atom stereocenters. The zero-order valence-electron chi connectivity index (χ0n) is 16.3. The monoisotopic (exact) mass is 428 g/mol. The van der Waals surface area contributed by atoms with Crippen LogP contribution in [-0.2, 0) is 14.8 Å². The Kier molecular flexibility index (Phi) is 7.23. The van der Waals surface area contributed by atoms with Crippen molar-refractivity contribution < 1.29 is 17.9 Å². The average molecular weight is 429 g/mol. The molecule has 3 rings (SSSR count). The maximum absolute atomic E-state index is 13.2. The molecule has 8 heteroatoms. The van der Waals surface area contributed by atoms with E-state index in [-0.39, 0.29) is 29.3 Å². The van der Waals surface area contributed by atoms with E-state index in [1.165, 1.54) is 16.8 Å². The third kappa shape index (κ3) is 4.99. The second kappa shape index (κ2) is 9.46. The predicted molar refractivity (Wildman–Crippen MR) is 109 cm³/mol. The van der Waals surface area contributed by atoms with Crippen LogP contribution in [0.3, 0.4) is 0 Å². The number of carbonyl (C=O) groups excluding carboxylic acids is 1. The molecule has 2 aliphatic rings. The molecule has 1 heterocycles. The number of amides is 1. The molecule has 0 radical (unpaired) electrons. The lowest BCUT2D eigenvalue weighted by Gasteiger charge is -2.33. The fraction of sp³-hybridized carbons (Fsp3) is 0.650. The molecule has 0 spiro atoms. The Morgan fingerprint density at radius 1 is 1.21 bits per heavy atom. The van der Waals surface area contributed by atoms with Crippen molar-refractivity contribution in [2.75, 3.05) is 19.7 Å². The lowest BCUT2D eigenvalue weighted by atomic mass is 9.93. The van der Waals surface area contributed by atoms with E-state index in [2.05, 4.69) is 5.32 Å². The van der Waals surface area contributed by atoms with Gasteiger partial charge < -0.3 is 10.1 Å². The number of hydrogen-bond donors (Lipinski definition) is 1. The Morgan fingerprint density at radius 2 is 1.96 bits per heavy atom. The van der Waals surface area contributed by atoms with Gasteiger partial charge in [-0.2, -0.15) is 4.31 Å². The molecule has 6 nitrogen and oxygen atoms in total. The maximum atomic E-state index is 13.2. The molecular formula is C20H29ClN2O4S. The molecule has 1 aromatic carbocycles. The molecule has 2 fully saturated rings. The molecule has 1 saturated carbocycles. The molecule has 1 N–H and O–H groups in total. The van der Waals surface area contributed by atoms with Gasteiger partial charge in [-0.05, 0) is 50.8 Å². The number of hydrogen-bond acceptors (Lipinski definition) is 4. The zero-order chi connectivity index (χ0) is 20.1. The number of rotatable bonds is 6. The van der Waals surface area contributed by atoms with Gasteiger partial charge in [0.2, 0.25) is 15.9 Å². The maximum Gasteiger partial charge on any atom is 0.246 e. The molecule has 0 bridgehead atoms. The van der Waals surface area contributed by atoms with Crippen LogP contribution in [0.2, 0.25) is 5.02 Å². The van der Waals surface area contributed by atoms with Crippen LogP contribution in [0, 0.1) is 5.92 Å². The second-order valence-corrected chi connectivity index (χ2v) is 9.91. The van der Waals surface area contributed by atoms with Crippen molar-refractivity contribution in [2.45, 2.75) is 62.8 Å². The van der Waals surface area contributed by atoms with Crippen molar-refractivity contribution in [3.8, 4) is 5.75 Å². The highest BCUT2D eigenvalue weighted by Crippen LogP contribution is 2.32. The molecule has 0 aromatic heterocycles. The number of nitrogens with zero attached hydrogens (tertiary/aromatic N) is 1. The summed E-state index contributed by atoms with van der Waals surface area (Å²) in [7, 11) is -3.79. The van der Waals surface area contributed by atoms with Gasteiger partial charge in [0.15, 0.2) is 0 Å². The molecule has 156 valence electrons. The van der Waals surface area contributed by atoms with E-state index in [0.29, 0.717) is 36.8 Å². The quantitative estimate of drug-likeness (QED) is 0.751. The summed E-state index contributed by atoms with van der Waals surface area (Å²) in [5, 5.41) is 3.47. The van der Waals surface area contributed by atoms with Gasteiger partial charge in [0.1, 0.15) is 10.6 Å². The van der Waals surface area contributed by atoms with Crippen LogP contribution >= 0.6 is 11.6 Å². The second-order valence-electron chi connectivity index (χ2n) is 7.57. The average Bonchev–Trinajstić information content (AvgIpc) is 2.70. The van der Waals surface area contributed by atoms with Gasteiger partial charge in [-0.25, -0.2) is 8.42 Å². The summed E-state index contributed by atoms with van der Waals surface area (Å²) in [5.41, 5.74) is 0. The zero-order valence-corrected chi connectivity index (χ0v) is 17.9. The van der Waals surface area contributed by atoms with Gasteiger partial charge in [0.25, 0.3) is 0 Å². The normalized spacial score (nSPS) is 22.0. The van der Waals surface area contributed by atoms with Gasteiger partial charge in [0.05, 0.1) is 12.5 Å². The van der Waals surface area contributed by atoms with Crippen molar-refractivity contribution >= 4 is 27.5 Å². The standard InChI is InChI=1S/C20H29ClN2O4S/c1-2-27-18-11-10-16(21)13-19(18)28(25,26)23-12-6-7-15(14-23)20(24)22-17-8-4-3-5-9-17/h10-11,13,15,17H,2-9,12,14H2,1H3,(H,22,24)/t15-/m1/s1. The summed E-state index contributed by atoms with van der Waals surface area (Å²) >= 11 is 6.05. The first-order valence-electron chi connectivity index (χ1n) is 10.1. The topological polar surface area (TPSA) is 75.7 Å². The predicted octanol–water partition coefficient (Wildman–Crippen LogP) is 3.59. The minimum Gasteiger partial charge on any atom is -0.492 e. The van der Waals surface area contributed by atoms with Crippen molar-refractivity contribution in [2.24, 2.45) is 5.92 Å². The van der Waals surface area contributed by atoms with Crippen molar-refractivity contribution in [3.63, 3.8) is 0 Å². The smallest absolute Gasteiger partial charge is 0.246 e. The molecule has 1 aliphatic carbocycles. The number of piperidine rings is 1. The van der Waals surface area contributed by atoms with E-state index >= 15 is 0 Å². The number of nitrogens with one attached hydrogen (secondary N) is 1. The van der Waals surface area contributed by atoms with Crippen molar-refractivity contribution in [1.82, 2.24) is 9.62 Å². The third-order valence-corrected chi connectivity index (χ3v) is 7.65. The summed E-state index contributed by atoms with van der Waals surface area (Å²) in [6.45, 7) is 2.75. The SMILES string of the molecule is CCOc1ccc(Cl)cc1S(=O)(=O)N1CCC[C@@H](C(=O)NC2CCCCC2)C1. The van der Waals surface area contributed by atoms with E-state index in [1.807, 2.05) is 0 Å². The number of ether oxygens (including phenoxy) is 1. The van der Waals surface area contributed by atoms with Crippen LogP contribution in [0.4, 0.5) is 0 Å². The summed E-state index contributed by atoms with van der Waals surface area (Å²) in [5.74, 6) is -0.0521.